The number of aromatic nitrogens is 1. The minimum atomic E-state index is -2.19. The Labute approximate surface area is 236 Å². The van der Waals surface area contributed by atoms with Crippen LogP contribution >= 0.6 is 0 Å². The fourth-order valence-corrected chi connectivity index (χ4v) is 6.37. The van der Waals surface area contributed by atoms with Crippen molar-refractivity contribution in [3.63, 3.8) is 0 Å². The van der Waals surface area contributed by atoms with Crippen LogP contribution in [0, 0.1) is 0 Å². The van der Waals surface area contributed by atoms with Gasteiger partial charge in [-0.2, -0.15) is 0 Å². The van der Waals surface area contributed by atoms with Gasteiger partial charge in [0.25, 0.3) is 11.6 Å². The van der Waals surface area contributed by atoms with E-state index in [1.54, 1.807) is 12.0 Å². The Kier molecular flexibility index (Phi) is 7.44. The number of allylic oxidation sites excluding steroid dienone is 4. The van der Waals surface area contributed by atoms with Crippen LogP contribution in [0.5, 0.6) is 5.75 Å². The molecule has 1 aromatic heterocycles. The summed E-state index contributed by atoms with van der Waals surface area (Å²) in [5.41, 5.74) is 3.49. The smallest absolute Gasteiger partial charge is 0.279 e. The fraction of sp³-hybridized carbons (Fsp3) is 0.500. The van der Waals surface area contributed by atoms with Gasteiger partial charge >= 0.3 is 0 Å². The highest BCUT2D eigenvalue weighted by Crippen LogP contribution is 2.54. The molecule has 3 aliphatic heterocycles. The van der Waals surface area contributed by atoms with Crippen LogP contribution < -0.4 is 4.74 Å². The second kappa shape index (κ2) is 10.6. The predicted molar refractivity (Wildman–Crippen MR) is 155 cm³/mol. The highest BCUT2D eigenvalue weighted by Gasteiger charge is 2.66. The van der Waals surface area contributed by atoms with Gasteiger partial charge in [0.05, 0.1) is 31.0 Å². The van der Waals surface area contributed by atoms with E-state index in [9.17, 15) is 14.7 Å². The van der Waals surface area contributed by atoms with Gasteiger partial charge in [-0.3, -0.25) is 14.5 Å². The van der Waals surface area contributed by atoms with E-state index in [0.29, 0.717) is 25.3 Å². The molecule has 2 aromatic rings. The van der Waals surface area contributed by atoms with Crippen molar-refractivity contribution in [3.05, 3.63) is 64.4 Å². The number of carbonyl (C=O) groups is 2. The fourth-order valence-electron chi connectivity index (χ4n) is 6.37. The first kappa shape index (κ1) is 28.2. The summed E-state index contributed by atoms with van der Waals surface area (Å²) in [6, 6.07) is 4.60. The first-order valence-electron chi connectivity index (χ1n) is 14.1. The molecule has 5 rings (SSSR count). The predicted octanol–water partition coefficient (Wildman–Crippen LogP) is 5.18. The molecule has 4 atom stereocenters. The van der Waals surface area contributed by atoms with Crippen LogP contribution in [0.15, 0.2) is 53.1 Å². The maximum Gasteiger partial charge on any atom is 0.279 e. The summed E-state index contributed by atoms with van der Waals surface area (Å²) < 4.78 is 14.2. The lowest BCUT2D eigenvalue weighted by atomic mass is 9.82. The SMILES string of the molecule is COc1ccc2c3c(n(CC=C(C)C)c2c1)C(C=C(C)C)N1C(=O)C2CCCN2C(=O)C1(O)C3OCC=C(C)C. The number of ether oxygens (including phenoxy) is 2. The number of piperazine rings is 1. The first-order valence-corrected chi connectivity index (χ1v) is 14.1. The van der Waals surface area contributed by atoms with Crippen LogP contribution in [-0.4, -0.2) is 63.3 Å². The second-order valence-electron chi connectivity index (χ2n) is 11.8. The quantitative estimate of drug-likeness (QED) is 0.483. The van der Waals surface area contributed by atoms with Gasteiger partial charge in [-0.05, 0) is 66.5 Å². The molecule has 2 amide bonds. The average molecular weight is 548 g/mol. The van der Waals surface area contributed by atoms with Gasteiger partial charge in [-0.15, -0.1) is 0 Å². The van der Waals surface area contributed by atoms with Gasteiger partial charge in [0.2, 0.25) is 5.91 Å². The molecule has 0 spiro atoms. The van der Waals surface area contributed by atoms with Gasteiger partial charge in [0.1, 0.15) is 17.9 Å². The number of nitrogens with zero attached hydrogens (tertiary/aromatic N) is 3. The molecular weight excluding hydrogens is 506 g/mol. The van der Waals surface area contributed by atoms with Gasteiger partial charge in [0.15, 0.2) is 0 Å². The summed E-state index contributed by atoms with van der Waals surface area (Å²) in [5.74, 6) is -0.000665. The zero-order chi connectivity index (χ0) is 28.9. The average Bonchev–Trinajstić information content (AvgIpc) is 3.50. The van der Waals surface area contributed by atoms with Crippen LogP contribution in [0.1, 0.15) is 77.8 Å². The van der Waals surface area contributed by atoms with Gasteiger partial charge < -0.3 is 24.0 Å². The number of hydrogen-bond acceptors (Lipinski definition) is 5. The summed E-state index contributed by atoms with van der Waals surface area (Å²) >= 11 is 0. The van der Waals surface area contributed by atoms with Crippen molar-refractivity contribution in [2.45, 2.75) is 84.8 Å². The number of aliphatic hydroxyl groups is 1. The van der Waals surface area contributed by atoms with Crippen LogP contribution in [0.2, 0.25) is 0 Å². The maximum absolute atomic E-state index is 14.2. The molecule has 1 aromatic carbocycles. The van der Waals surface area contributed by atoms with E-state index >= 15 is 0 Å². The molecule has 40 heavy (non-hydrogen) atoms. The Hall–Kier alpha value is -3.36. The lowest BCUT2D eigenvalue weighted by molar-refractivity contribution is -0.235. The maximum atomic E-state index is 14.2. The van der Waals surface area contributed by atoms with Crippen molar-refractivity contribution in [1.29, 1.82) is 0 Å². The molecule has 214 valence electrons. The summed E-state index contributed by atoms with van der Waals surface area (Å²) in [5, 5.41) is 13.5. The van der Waals surface area contributed by atoms with Crippen molar-refractivity contribution in [2.24, 2.45) is 0 Å². The van der Waals surface area contributed by atoms with E-state index in [4.69, 9.17) is 9.47 Å². The molecule has 8 heteroatoms. The van der Waals surface area contributed by atoms with Crippen molar-refractivity contribution in [2.75, 3.05) is 20.3 Å². The lowest BCUT2D eigenvalue weighted by Crippen LogP contribution is -2.74. The molecule has 0 radical (unpaired) electrons. The topological polar surface area (TPSA) is 84.2 Å². The van der Waals surface area contributed by atoms with Crippen LogP contribution in [0.3, 0.4) is 0 Å². The molecule has 2 fully saturated rings. The number of carbonyl (C=O) groups excluding carboxylic acids is 2. The largest absolute Gasteiger partial charge is 0.497 e. The van der Waals surface area contributed by atoms with E-state index in [0.717, 1.165) is 45.3 Å². The van der Waals surface area contributed by atoms with E-state index in [2.05, 4.69) is 24.5 Å². The molecule has 0 bridgehead atoms. The molecule has 4 unspecified atom stereocenters. The zero-order valence-corrected chi connectivity index (χ0v) is 24.7. The molecular formula is C32H41N3O5. The highest BCUT2D eigenvalue weighted by molar-refractivity contribution is 6.02. The Morgan fingerprint density at radius 3 is 2.45 bits per heavy atom. The molecule has 0 saturated carbocycles. The Balaban J connectivity index is 1.87. The van der Waals surface area contributed by atoms with Gasteiger partial charge in [-0.25, -0.2) is 0 Å². The van der Waals surface area contributed by atoms with Crippen LogP contribution in [0.25, 0.3) is 10.9 Å². The Bertz CT molecular complexity index is 1440. The first-order chi connectivity index (χ1) is 19.0. The molecule has 1 N–H and O–H groups in total. The second-order valence-corrected chi connectivity index (χ2v) is 11.8. The monoisotopic (exact) mass is 547 g/mol. The third kappa shape index (κ3) is 4.38. The van der Waals surface area contributed by atoms with E-state index in [1.165, 1.54) is 4.90 Å². The van der Waals surface area contributed by atoms with Gasteiger partial charge in [0, 0.05) is 30.1 Å². The van der Waals surface area contributed by atoms with E-state index < -0.39 is 29.8 Å². The lowest BCUT2D eigenvalue weighted by Gasteiger charge is -2.55. The third-order valence-electron chi connectivity index (χ3n) is 8.18. The van der Waals surface area contributed by atoms with Crippen molar-refractivity contribution in [3.8, 4) is 5.75 Å². The number of fused-ring (bicyclic) bond motifs is 5. The number of methoxy groups -OCH3 is 1. The molecule has 0 aliphatic carbocycles. The zero-order valence-electron chi connectivity index (χ0n) is 24.7. The van der Waals surface area contributed by atoms with Crippen LogP contribution in [-0.2, 0) is 20.9 Å². The summed E-state index contributed by atoms with van der Waals surface area (Å²) in [6.45, 7) is 13.2. The number of amides is 2. The summed E-state index contributed by atoms with van der Waals surface area (Å²) in [6.07, 6.45) is 6.29. The van der Waals surface area contributed by atoms with Crippen molar-refractivity contribution < 1.29 is 24.2 Å². The molecule has 8 nitrogen and oxygen atoms in total. The number of rotatable bonds is 7. The standard InChI is InChI=1S/C32H41N3O5/c1-19(2)12-15-33-25-18-22(39-7)10-11-23(25)27-28(33)26(17-21(5)6)35-30(36)24-9-8-14-34(24)31(37)32(35,38)29(27)40-16-13-20(3)4/h10-13,17-18,24,26,29,38H,8-9,14-16H2,1-7H3. The van der Waals surface area contributed by atoms with Gasteiger partial charge in [-0.1, -0.05) is 34.9 Å². The minimum Gasteiger partial charge on any atom is -0.497 e. The van der Waals surface area contributed by atoms with Crippen molar-refractivity contribution in [1.82, 2.24) is 14.4 Å². The molecule has 4 heterocycles. The van der Waals surface area contributed by atoms with Crippen molar-refractivity contribution >= 4 is 22.7 Å². The van der Waals surface area contributed by atoms with E-state index in [-0.39, 0.29) is 12.5 Å². The van der Waals surface area contributed by atoms with E-state index in [1.807, 2.05) is 58.0 Å². The third-order valence-corrected chi connectivity index (χ3v) is 8.18. The molecule has 2 saturated heterocycles. The highest BCUT2D eigenvalue weighted by atomic mass is 16.5. The summed E-state index contributed by atoms with van der Waals surface area (Å²) in [4.78, 5) is 31.5. The number of hydrogen-bond donors (Lipinski definition) is 1. The normalized spacial score (nSPS) is 25.4. The number of benzene rings is 1. The molecule has 3 aliphatic rings. The Morgan fingerprint density at radius 2 is 1.80 bits per heavy atom. The van der Waals surface area contributed by atoms with Crippen LogP contribution in [0.4, 0.5) is 0 Å². The Morgan fingerprint density at radius 1 is 1.07 bits per heavy atom. The minimum absolute atomic E-state index is 0.192. The summed E-state index contributed by atoms with van der Waals surface area (Å²) in [7, 11) is 1.63.